The Kier molecular flexibility index (Phi) is 3.95. The molecule has 1 amide bonds. The normalized spacial score (nSPS) is 8.93. The van der Waals surface area contributed by atoms with Gasteiger partial charge in [-0.1, -0.05) is 23.4 Å². The fraction of sp³-hybridized carbons (Fsp3) is 0.200. The summed E-state index contributed by atoms with van der Waals surface area (Å²) in [5, 5.41) is 2.82. The van der Waals surface area contributed by atoms with Crippen molar-refractivity contribution in [1.29, 1.82) is 0 Å². The summed E-state index contributed by atoms with van der Waals surface area (Å²) in [5.74, 6) is 5.45. The predicted molar refractivity (Wildman–Crippen MR) is 59.2 cm³/mol. The van der Waals surface area contributed by atoms with Gasteiger partial charge in [-0.2, -0.15) is 0 Å². The van der Waals surface area contributed by atoms with Gasteiger partial charge in [0.25, 0.3) is 0 Å². The maximum atomic E-state index is 10.5. The third kappa shape index (κ3) is 3.88. The molecule has 5 heteroatoms. The molecule has 1 heterocycles. The molecule has 0 aromatic carbocycles. The van der Waals surface area contributed by atoms with Crippen LogP contribution in [0.15, 0.2) is 12.3 Å². The molecule has 0 aliphatic rings. The molecule has 1 rings (SSSR count). The highest BCUT2D eigenvalue weighted by molar-refractivity contribution is 6.31. The smallest absolute Gasteiger partial charge is 0.217 e. The molecule has 0 saturated carbocycles. The minimum absolute atomic E-state index is 0.113. The molecule has 0 aliphatic heterocycles. The van der Waals surface area contributed by atoms with Gasteiger partial charge in [-0.3, -0.25) is 4.79 Å². The number of aromatic nitrogens is 1. The van der Waals surface area contributed by atoms with Gasteiger partial charge in [0.05, 0.1) is 12.2 Å². The molecule has 0 aliphatic carbocycles. The van der Waals surface area contributed by atoms with Crippen LogP contribution in [-0.4, -0.2) is 17.4 Å². The van der Waals surface area contributed by atoms with E-state index in [0.717, 1.165) is 0 Å². The number of nitrogens with two attached hydrogens (primary N) is 1. The fourth-order valence-corrected chi connectivity index (χ4v) is 0.952. The Morgan fingerprint density at radius 3 is 3.07 bits per heavy atom. The van der Waals surface area contributed by atoms with Crippen LogP contribution in [0.2, 0.25) is 5.15 Å². The maximum Gasteiger partial charge on any atom is 0.217 e. The number of hydrogen-bond donors (Lipinski definition) is 2. The quantitative estimate of drug-likeness (QED) is 0.547. The van der Waals surface area contributed by atoms with Crippen molar-refractivity contribution in [2.24, 2.45) is 0 Å². The van der Waals surface area contributed by atoms with Crippen molar-refractivity contribution < 1.29 is 4.79 Å². The lowest BCUT2D eigenvalue weighted by atomic mass is 10.2. The molecule has 0 radical (unpaired) electrons. The van der Waals surface area contributed by atoms with E-state index in [2.05, 4.69) is 22.1 Å². The van der Waals surface area contributed by atoms with Gasteiger partial charge in [0.1, 0.15) is 0 Å². The van der Waals surface area contributed by atoms with Gasteiger partial charge < -0.3 is 11.1 Å². The molecule has 0 saturated heterocycles. The van der Waals surface area contributed by atoms with E-state index >= 15 is 0 Å². The van der Waals surface area contributed by atoms with E-state index in [1.165, 1.54) is 13.1 Å². The van der Waals surface area contributed by atoms with Crippen LogP contribution >= 0.6 is 11.6 Å². The van der Waals surface area contributed by atoms with Crippen LogP contribution in [0.1, 0.15) is 12.5 Å². The molecule has 15 heavy (non-hydrogen) atoms. The van der Waals surface area contributed by atoms with Gasteiger partial charge in [-0.25, -0.2) is 4.98 Å². The zero-order chi connectivity index (χ0) is 11.3. The van der Waals surface area contributed by atoms with Crippen molar-refractivity contribution in [2.45, 2.75) is 6.92 Å². The van der Waals surface area contributed by atoms with Gasteiger partial charge in [-0.15, -0.1) is 0 Å². The number of nitrogen functional groups attached to an aromatic ring is 1. The Hall–Kier alpha value is -1.73. The first-order valence-corrected chi connectivity index (χ1v) is 4.61. The van der Waals surface area contributed by atoms with E-state index in [1.807, 2.05) is 0 Å². The van der Waals surface area contributed by atoms with E-state index in [9.17, 15) is 4.79 Å². The Labute approximate surface area is 92.8 Å². The number of nitrogens with one attached hydrogen (secondary N) is 1. The Morgan fingerprint density at radius 1 is 1.73 bits per heavy atom. The fourth-order valence-electron chi connectivity index (χ4n) is 0.848. The number of carbonyl (C=O) groups excluding carboxylic acids is 1. The molecule has 0 fully saturated rings. The number of pyridine rings is 1. The summed E-state index contributed by atoms with van der Waals surface area (Å²) in [4.78, 5) is 14.4. The van der Waals surface area contributed by atoms with Gasteiger partial charge in [0.15, 0.2) is 5.15 Å². The molecule has 0 unspecified atom stereocenters. The predicted octanol–water partition coefficient (Wildman–Crippen LogP) is 0.805. The Bertz CT molecular complexity index is 434. The zero-order valence-electron chi connectivity index (χ0n) is 8.17. The Morgan fingerprint density at radius 2 is 2.47 bits per heavy atom. The van der Waals surface area contributed by atoms with E-state index in [4.69, 9.17) is 17.3 Å². The molecule has 0 spiro atoms. The number of anilines is 1. The SMILES string of the molecule is CC(=O)NCC#Cc1cnc(Cl)c(N)c1. The van der Waals surface area contributed by atoms with Crippen molar-refractivity contribution in [3.63, 3.8) is 0 Å². The summed E-state index contributed by atoms with van der Waals surface area (Å²) in [6.45, 7) is 1.74. The molecule has 1 aromatic heterocycles. The largest absolute Gasteiger partial charge is 0.396 e. The Balaban J connectivity index is 2.64. The number of carbonyl (C=O) groups is 1. The van der Waals surface area contributed by atoms with Gasteiger partial charge in [-0.05, 0) is 6.07 Å². The van der Waals surface area contributed by atoms with E-state index in [0.29, 0.717) is 17.8 Å². The standard InChI is InChI=1S/C10H10ClN3O/c1-7(15)13-4-2-3-8-5-9(12)10(11)14-6-8/h5-6H,4,12H2,1H3,(H,13,15). The van der Waals surface area contributed by atoms with E-state index < -0.39 is 0 Å². The first kappa shape index (κ1) is 11.3. The number of rotatable bonds is 1. The lowest BCUT2D eigenvalue weighted by molar-refractivity contribution is -0.118. The average Bonchev–Trinajstić information content (AvgIpc) is 2.18. The van der Waals surface area contributed by atoms with Gasteiger partial charge in [0, 0.05) is 18.7 Å². The van der Waals surface area contributed by atoms with E-state index in [1.54, 1.807) is 6.07 Å². The molecular weight excluding hydrogens is 214 g/mol. The van der Waals surface area contributed by atoms with Crippen molar-refractivity contribution in [3.8, 4) is 11.8 Å². The topological polar surface area (TPSA) is 68.0 Å². The minimum atomic E-state index is -0.113. The van der Waals surface area contributed by atoms with Crippen molar-refractivity contribution in [3.05, 3.63) is 23.0 Å². The number of halogens is 1. The molecule has 78 valence electrons. The van der Waals surface area contributed by atoms with Crippen LogP contribution in [0.5, 0.6) is 0 Å². The maximum absolute atomic E-state index is 10.5. The number of hydrogen-bond acceptors (Lipinski definition) is 3. The molecule has 4 nitrogen and oxygen atoms in total. The highest BCUT2D eigenvalue weighted by Crippen LogP contribution is 2.15. The van der Waals surface area contributed by atoms with E-state index in [-0.39, 0.29) is 11.1 Å². The molecule has 0 bridgehead atoms. The van der Waals surface area contributed by atoms with Crippen molar-refractivity contribution in [1.82, 2.24) is 10.3 Å². The summed E-state index contributed by atoms with van der Waals surface area (Å²) in [6, 6.07) is 1.64. The average molecular weight is 224 g/mol. The highest BCUT2D eigenvalue weighted by atomic mass is 35.5. The van der Waals surface area contributed by atoms with Crippen LogP contribution in [0.25, 0.3) is 0 Å². The molecule has 3 N–H and O–H groups in total. The molecule has 0 atom stereocenters. The lowest BCUT2D eigenvalue weighted by Gasteiger charge is -1.96. The van der Waals surface area contributed by atoms with Crippen LogP contribution in [0.4, 0.5) is 5.69 Å². The summed E-state index contributed by atoms with van der Waals surface area (Å²) in [6.07, 6.45) is 1.53. The second-order valence-corrected chi connectivity index (χ2v) is 3.17. The summed E-state index contributed by atoms with van der Waals surface area (Å²) >= 11 is 5.64. The lowest BCUT2D eigenvalue weighted by Crippen LogP contribution is -2.19. The molecule has 1 aromatic rings. The molecular formula is C10H10ClN3O. The third-order valence-electron chi connectivity index (χ3n) is 1.52. The van der Waals surface area contributed by atoms with Gasteiger partial charge in [0.2, 0.25) is 5.91 Å². The number of amides is 1. The third-order valence-corrected chi connectivity index (χ3v) is 1.84. The first-order chi connectivity index (χ1) is 7.09. The van der Waals surface area contributed by atoms with Crippen LogP contribution in [-0.2, 0) is 4.79 Å². The second kappa shape index (κ2) is 5.23. The summed E-state index contributed by atoms with van der Waals surface area (Å²) in [7, 11) is 0. The zero-order valence-corrected chi connectivity index (χ0v) is 8.93. The van der Waals surface area contributed by atoms with Crippen molar-refractivity contribution >= 4 is 23.2 Å². The van der Waals surface area contributed by atoms with Gasteiger partial charge >= 0.3 is 0 Å². The first-order valence-electron chi connectivity index (χ1n) is 4.24. The minimum Gasteiger partial charge on any atom is -0.396 e. The van der Waals surface area contributed by atoms with Crippen molar-refractivity contribution in [2.75, 3.05) is 12.3 Å². The van der Waals surface area contributed by atoms with Crippen LogP contribution < -0.4 is 11.1 Å². The summed E-state index contributed by atoms with van der Waals surface area (Å²) in [5.41, 5.74) is 6.60. The second-order valence-electron chi connectivity index (χ2n) is 2.82. The summed E-state index contributed by atoms with van der Waals surface area (Å²) < 4.78 is 0. The monoisotopic (exact) mass is 223 g/mol. The number of nitrogens with zero attached hydrogens (tertiary/aromatic N) is 1. The van der Waals surface area contributed by atoms with Crippen LogP contribution in [0.3, 0.4) is 0 Å². The highest BCUT2D eigenvalue weighted by Gasteiger charge is 1.96. The van der Waals surface area contributed by atoms with Crippen LogP contribution in [0, 0.1) is 11.8 Å².